The minimum atomic E-state index is 0.582. The second kappa shape index (κ2) is 5.29. The number of aromatic nitrogens is 2. The molecule has 1 aliphatic carbocycles. The van der Waals surface area contributed by atoms with Gasteiger partial charge in [0.05, 0.1) is 11.3 Å². The highest BCUT2D eigenvalue weighted by Gasteiger charge is 2.22. The maximum Gasteiger partial charge on any atom is 0.133 e. The van der Waals surface area contributed by atoms with Crippen molar-refractivity contribution in [1.29, 1.82) is 0 Å². The smallest absolute Gasteiger partial charge is 0.133 e. The number of anilines is 1. The van der Waals surface area contributed by atoms with E-state index in [2.05, 4.69) is 11.9 Å². The molecule has 4 heteroatoms. The van der Waals surface area contributed by atoms with Gasteiger partial charge in [0.15, 0.2) is 0 Å². The molecule has 0 saturated heterocycles. The van der Waals surface area contributed by atoms with Crippen molar-refractivity contribution < 1.29 is 0 Å². The van der Waals surface area contributed by atoms with E-state index >= 15 is 0 Å². The van der Waals surface area contributed by atoms with E-state index in [1.54, 1.807) is 17.5 Å². The highest BCUT2D eigenvalue weighted by molar-refractivity contribution is 7.15. The summed E-state index contributed by atoms with van der Waals surface area (Å²) in [5.74, 6) is 1.43. The van der Waals surface area contributed by atoms with Crippen molar-refractivity contribution in [3.63, 3.8) is 0 Å². The normalized spacial score (nSPS) is 18.3. The largest absolute Gasteiger partial charge is 0.383 e. The summed E-state index contributed by atoms with van der Waals surface area (Å²) in [7, 11) is 0. The minimum Gasteiger partial charge on any atom is -0.383 e. The number of fused-ring (bicyclic) bond motifs is 1. The van der Waals surface area contributed by atoms with Crippen molar-refractivity contribution in [2.45, 2.75) is 39.0 Å². The molecule has 2 heterocycles. The molecular formula is C15H19N3S. The fraction of sp³-hybridized carbons (Fsp3) is 0.467. The van der Waals surface area contributed by atoms with Crippen LogP contribution >= 0.6 is 11.3 Å². The fourth-order valence-electron chi connectivity index (χ4n) is 2.81. The quantitative estimate of drug-likeness (QED) is 0.927. The van der Waals surface area contributed by atoms with Gasteiger partial charge in [0, 0.05) is 11.1 Å². The zero-order chi connectivity index (χ0) is 13.2. The Balaban J connectivity index is 1.90. The molecule has 0 spiro atoms. The molecule has 1 atom stereocenters. The third-order valence-corrected chi connectivity index (χ3v) is 4.96. The molecular weight excluding hydrogens is 254 g/mol. The van der Waals surface area contributed by atoms with Gasteiger partial charge < -0.3 is 5.73 Å². The fourth-order valence-corrected chi connectivity index (χ4v) is 4.07. The number of aryl methyl sites for hydroxylation is 1. The average Bonchev–Trinajstić information content (AvgIpc) is 2.82. The van der Waals surface area contributed by atoms with E-state index in [9.17, 15) is 0 Å². The van der Waals surface area contributed by atoms with E-state index in [1.165, 1.54) is 36.3 Å². The molecule has 1 aliphatic rings. The first kappa shape index (κ1) is 12.6. The summed E-state index contributed by atoms with van der Waals surface area (Å²) in [6.45, 7) is 2.27. The molecule has 19 heavy (non-hydrogen) atoms. The van der Waals surface area contributed by atoms with Crippen molar-refractivity contribution in [2.24, 2.45) is 5.92 Å². The first-order valence-electron chi connectivity index (χ1n) is 6.97. The van der Waals surface area contributed by atoms with Crippen molar-refractivity contribution in [3.05, 3.63) is 28.9 Å². The van der Waals surface area contributed by atoms with Gasteiger partial charge in [-0.3, -0.25) is 0 Å². The van der Waals surface area contributed by atoms with E-state index in [-0.39, 0.29) is 0 Å². The Labute approximate surface area is 117 Å². The van der Waals surface area contributed by atoms with Crippen molar-refractivity contribution in [3.8, 4) is 10.6 Å². The van der Waals surface area contributed by atoms with Gasteiger partial charge in [0.25, 0.3) is 0 Å². The molecule has 0 fully saturated rings. The molecule has 0 saturated carbocycles. The molecule has 1 unspecified atom stereocenters. The summed E-state index contributed by atoms with van der Waals surface area (Å²) in [5.41, 5.74) is 8.21. The number of rotatable bonds is 3. The van der Waals surface area contributed by atoms with Crippen LogP contribution < -0.4 is 5.73 Å². The summed E-state index contributed by atoms with van der Waals surface area (Å²) in [6, 6.07) is 3.93. The lowest BCUT2D eigenvalue weighted by atomic mass is 9.88. The molecule has 100 valence electrons. The molecule has 0 aromatic carbocycles. The summed E-state index contributed by atoms with van der Waals surface area (Å²) < 4.78 is 0. The molecule has 0 bridgehead atoms. The van der Waals surface area contributed by atoms with Gasteiger partial charge in [-0.2, -0.15) is 0 Å². The number of pyridine rings is 1. The Hall–Kier alpha value is -1.42. The predicted octanol–water partition coefficient (Wildman–Crippen LogP) is 3.69. The van der Waals surface area contributed by atoms with Crippen LogP contribution in [0.5, 0.6) is 0 Å². The monoisotopic (exact) mass is 273 g/mol. The lowest BCUT2D eigenvalue weighted by Gasteiger charge is -2.20. The maximum atomic E-state index is 5.94. The third kappa shape index (κ3) is 2.50. The van der Waals surface area contributed by atoms with Crippen LogP contribution in [0.25, 0.3) is 10.6 Å². The molecule has 3 nitrogen and oxygen atoms in total. The van der Waals surface area contributed by atoms with Crippen LogP contribution in [0.15, 0.2) is 18.3 Å². The third-order valence-electron chi connectivity index (χ3n) is 3.81. The standard InChI is InChI=1S/C15H19N3S/c1-2-4-10-6-7-12-13(9-10)19-15(18-12)11-5-3-8-17-14(11)16/h3,5,8,10H,2,4,6-7,9H2,1H3,(H2,16,17). The van der Waals surface area contributed by atoms with Crippen molar-refractivity contribution in [2.75, 3.05) is 5.73 Å². The molecule has 2 aromatic heterocycles. The Kier molecular flexibility index (Phi) is 3.51. The van der Waals surface area contributed by atoms with E-state index in [0.717, 1.165) is 22.9 Å². The Morgan fingerprint density at radius 1 is 1.47 bits per heavy atom. The highest BCUT2D eigenvalue weighted by atomic mass is 32.1. The van der Waals surface area contributed by atoms with Gasteiger partial charge in [-0.15, -0.1) is 11.3 Å². The van der Waals surface area contributed by atoms with Crippen LogP contribution in [0.2, 0.25) is 0 Å². The van der Waals surface area contributed by atoms with Gasteiger partial charge in [-0.25, -0.2) is 9.97 Å². The van der Waals surface area contributed by atoms with Crippen molar-refractivity contribution in [1.82, 2.24) is 9.97 Å². The van der Waals surface area contributed by atoms with Crippen LogP contribution in [0.3, 0.4) is 0 Å². The molecule has 2 N–H and O–H groups in total. The number of thiazole rings is 1. The van der Waals surface area contributed by atoms with Crippen molar-refractivity contribution >= 4 is 17.2 Å². The first-order chi connectivity index (χ1) is 9.28. The number of nitrogens with two attached hydrogens (primary N) is 1. The van der Waals surface area contributed by atoms with Crippen LogP contribution in [-0.2, 0) is 12.8 Å². The Bertz CT molecular complexity index is 577. The summed E-state index contributed by atoms with van der Waals surface area (Å²) >= 11 is 1.80. The zero-order valence-electron chi connectivity index (χ0n) is 11.2. The van der Waals surface area contributed by atoms with Crippen LogP contribution in [0.4, 0.5) is 5.82 Å². The Morgan fingerprint density at radius 2 is 2.37 bits per heavy atom. The zero-order valence-corrected chi connectivity index (χ0v) is 12.0. The van der Waals surface area contributed by atoms with Gasteiger partial charge in [0.1, 0.15) is 10.8 Å². The van der Waals surface area contributed by atoms with E-state index in [1.807, 2.05) is 12.1 Å². The van der Waals surface area contributed by atoms with Gasteiger partial charge in [-0.05, 0) is 37.3 Å². The first-order valence-corrected chi connectivity index (χ1v) is 7.79. The molecule has 2 aromatic rings. The van der Waals surface area contributed by atoms with Gasteiger partial charge in [-0.1, -0.05) is 19.8 Å². The van der Waals surface area contributed by atoms with E-state index < -0.39 is 0 Å². The van der Waals surface area contributed by atoms with Gasteiger partial charge in [0.2, 0.25) is 0 Å². The summed E-state index contributed by atoms with van der Waals surface area (Å²) in [4.78, 5) is 10.4. The second-order valence-electron chi connectivity index (χ2n) is 5.22. The van der Waals surface area contributed by atoms with Crippen LogP contribution in [0, 0.1) is 5.92 Å². The number of hydrogen-bond donors (Lipinski definition) is 1. The molecule has 0 radical (unpaired) electrons. The summed E-state index contributed by atoms with van der Waals surface area (Å²) in [5, 5.41) is 1.03. The lowest BCUT2D eigenvalue weighted by Crippen LogP contribution is -2.12. The topological polar surface area (TPSA) is 51.8 Å². The SMILES string of the molecule is CCCC1CCc2nc(-c3cccnc3N)sc2C1. The highest BCUT2D eigenvalue weighted by Crippen LogP contribution is 2.36. The average molecular weight is 273 g/mol. The number of nitrogen functional groups attached to an aromatic ring is 1. The lowest BCUT2D eigenvalue weighted by molar-refractivity contribution is 0.424. The molecule has 0 aliphatic heterocycles. The predicted molar refractivity (Wildman–Crippen MR) is 80.2 cm³/mol. The Morgan fingerprint density at radius 3 is 3.16 bits per heavy atom. The van der Waals surface area contributed by atoms with Crippen LogP contribution in [-0.4, -0.2) is 9.97 Å². The van der Waals surface area contributed by atoms with Crippen LogP contribution in [0.1, 0.15) is 36.8 Å². The van der Waals surface area contributed by atoms with E-state index in [0.29, 0.717) is 5.82 Å². The van der Waals surface area contributed by atoms with Gasteiger partial charge >= 0.3 is 0 Å². The van der Waals surface area contributed by atoms with E-state index in [4.69, 9.17) is 10.7 Å². The molecule has 3 rings (SSSR count). The number of nitrogens with zero attached hydrogens (tertiary/aromatic N) is 2. The maximum absolute atomic E-state index is 5.94. The molecule has 0 amide bonds. The number of hydrogen-bond acceptors (Lipinski definition) is 4. The minimum absolute atomic E-state index is 0.582. The second-order valence-corrected chi connectivity index (χ2v) is 6.31. The summed E-state index contributed by atoms with van der Waals surface area (Å²) in [6.07, 6.45) is 7.94.